The minimum Gasteiger partial charge on any atom is -0.461 e. The van der Waals surface area contributed by atoms with Gasteiger partial charge in [-0.2, -0.15) is 0 Å². The Morgan fingerprint density at radius 1 is 1.47 bits per heavy atom. The molecule has 1 aromatic rings. The van der Waals surface area contributed by atoms with Crippen LogP contribution in [0.5, 0.6) is 0 Å². The monoisotopic (exact) mass is 237 g/mol. The van der Waals surface area contributed by atoms with Gasteiger partial charge in [0, 0.05) is 6.42 Å². The molecule has 4 heteroatoms. The van der Waals surface area contributed by atoms with Crippen LogP contribution in [0.2, 0.25) is 0 Å². The molecule has 1 heterocycles. The lowest BCUT2D eigenvalue weighted by atomic mass is 9.90. The maximum Gasteiger partial charge on any atom is 0.360 e. The molecule has 0 N–H and O–H groups in total. The number of aryl methyl sites for hydroxylation is 1. The van der Waals surface area contributed by atoms with Gasteiger partial charge in [0.25, 0.3) is 0 Å². The largest absolute Gasteiger partial charge is 0.461 e. The summed E-state index contributed by atoms with van der Waals surface area (Å²) in [5.41, 5.74) is 0.336. The molecule has 0 amide bonds. The van der Waals surface area contributed by atoms with Crippen molar-refractivity contribution >= 4 is 5.97 Å². The summed E-state index contributed by atoms with van der Waals surface area (Å²) in [5, 5.41) is 0. The van der Waals surface area contributed by atoms with Crippen molar-refractivity contribution in [1.82, 2.24) is 4.98 Å². The molecule has 0 saturated heterocycles. The summed E-state index contributed by atoms with van der Waals surface area (Å²) in [7, 11) is 0. The molecule has 0 radical (unpaired) electrons. The fourth-order valence-corrected chi connectivity index (χ4v) is 2.30. The number of esters is 1. The molecule has 17 heavy (non-hydrogen) atoms. The molecule has 1 fully saturated rings. The van der Waals surface area contributed by atoms with Crippen LogP contribution in [0, 0.1) is 5.92 Å². The van der Waals surface area contributed by atoms with Gasteiger partial charge in [-0.3, -0.25) is 0 Å². The van der Waals surface area contributed by atoms with Crippen LogP contribution in [-0.4, -0.2) is 17.6 Å². The highest BCUT2D eigenvalue weighted by molar-refractivity contribution is 5.88. The Morgan fingerprint density at radius 3 is 2.94 bits per heavy atom. The average molecular weight is 237 g/mol. The zero-order valence-corrected chi connectivity index (χ0v) is 10.3. The van der Waals surface area contributed by atoms with Crippen molar-refractivity contribution in [3.63, 3.8) is 0 Å². The number of nitrogens with zero attached hydrogens (tertiary/aromatic N) is 1. The fraction of sp³-hybridized carbons (Fsp3) is 0.692. The molecule has 1 saturated carbocycles. The molecule has 2 rings (SSSR count). The van der Waals surface area contributed by atoms with E-state index in [9.17, 15) is 4.79 Å². The molecular formula is C13H19NO3. The quantitative estimate of drug-likeness (QED) is 0.755. The van der Waals surface area contributed by atoms with Gasteiger partial charge in [0.1, 0.15) is 5.76 Å². The molecule has 0 spiro atoms. The number of hydrogen-bond acceptors (Lipinski definition) is 4. The first-order valence-corrected chi connectivity index (χ1v) is 6.40. The molecule has 1 aliphatic rings. The van der Waals surface area contributed by atoms with Crippen LogP contribution < -0.4 is 0 Å². The highest BCUT2D eigenvalue weighted by Gasteiger charge is 2.20. The summed E-state index contributed by atoms with van der Waals surface area (Å²) in [4.78, 5) is 15.7. The van der Waals surface area contributed by atoms with Gasteiger partial charge in [-0.15, -0.1) is 0 Å². The number of carbonyl (C=O) groups is 1. The Morgan fingerprint density at radius 2 is 2.24 bits per heavy atom. The fourth-order valence-electron chi connectivity index (χ4n) is 2.30. The third kappa shape index (κ3) is 3.08. The first-order chi connectivity index (χ1) is 8.31. The van der Waals surface area contributed by atoms with E-state index in [-0.39, 0.29) is 5.97 Å². The van der Waals surface area contributed by atoms with Gasteiger partial charge in [0.2, 0.25) is 0 Å². The third-order valence-corrected chi connectivity index (χ3v) is 3.33. The lowest BCUT2D eigenvalue weighted by molar-refractivity contribution is 0.0402. The molecule has 94 valence electrons. The van der Waals surface area contributed by atoms with Crippen molar-refractivity contribution in [1.29, 1.82) is 0 Å². The Bertz CT molecular complexity index is 366. The summed E-state index contributed by atoms with van der Waals surface area (Å²) < 4.78 is 10.4. The van der Waals surface area contributed by atoms with Gasteiger partial charge in [0.05, 0.1) is 6.61 Å². The van der Waals surface area contributed by atoms with E-state index >= 15 is 0 Å². The maximum absolute atomic E-state index is 11.8. The van der Waals surface area contributed by atoms with Gasteiger partial charge in [-0.25, -0.2) is 9.78 Å². The van der Waals surface area contributed by atoms with Crippen LogP contribution in [0.4, 0.5) is 0 Å². The second-order valence-electron chi connectivity index (χ2n) is 4.58. The van der Waals surface area contributed by atoms with Gasteiger partial charge < -0.3 is 9.15 Å². The number of hydrogen-bond donors (Lipinski definition) is 0. The van der Waals surface area contributed by atoms with Crippen molar-refractivity contribution in [3.05, 3.63) is 17.8 Å². The number of carbonyl (C=O) groups excluding carboxylic acids is 1. The summed E-state index contributed by atoms with van der Waals surface area (Å²) in [6.45, 7) is 2.45. The van der Waals surface area contributed by atoms with E-state index in [4.69, 9.17) is 9.15 Å². The Hall–Kier alpha value is -1.32. The van der Waals surface area contributed by atoms with Gasteiger partial charge >= 0.3 is 5.97 Å². The SMILES string of the molecule is CCc1ocnc1C(=O)OCC1CCCCC1. The smallest absolute Gasteiger partial charge is 0.360 e. The minimum absolute atomic E-state index is 0.336. The second-order valence-corrected chi connectivity index (χ2v) is 4.58. The molecule has 4 nitrogen and oxygen atoms in total. The number of oxazole rings is 1. The topological polar surface area (TPSA) is 52.3 Å². The van der Waals surface area contributed by atoms with E-state index in [0.717, 1.165) is 0 Å². The number of rotatable bonds is 4. The Labute approximate surface area is 101 Å². The van der Waals surface area contributed by atoms with Gasteiger partial charge in [0.15, 0.2) is 12.1 Å². The summed E-state index contributed by atoms with van der Waals surface area (Å²) in [6.07, 6.45) is 8.13. The zero-order chi connectivity index (χ0) is 12.1. The van der Waals surface area contributed by atoms with Crippen molar-refractivity contribution in [2.24, 2.45) is 5.92 Å². The van der Waals surface area contributed by atoms with Crippen molar-refractivity contribution in [2.75, 3.05) is 6.61 Å². The minimum atomic E-state index is -0.346. The molecule has 0 atom stereocenters. The second kappa shape index (κ2) is 5.84. The van der Waals surface area contributed by atoms with Crippen LogP contribution in [-0.2, 0) is 11.2 Å². The third-order valence-electron chi connectivity index (χ3n) is 3.33. The lowest BCUT2D eigenvalue weighted by Gasteiger charge is -2.20. The van der Waals surface area contributed by atoms with Crippen LogP contribution in [0.25, 0.3) is 0 Å². The molecule has 0 aliphatic heterocycles. The summed E-state index contributed by atoms with van der Waals surface area (Å²) in [5.74, 6) is 0.796. The summed E-state index contributed by atoms with van der Waals surface area (Å²) >= 11 is 0. The lowest BCUT2D eigenvalue weighted by Crippen LogP contribution is -2.17. The first kappa shape index (κ1) is 12.1. The zero-order valence-electron chi connectivity index (χ0n) is 10.3. The number of ether oxygens (including phenoxy) is 1. The molecule has 1 aromatic heterocycles. The average Bonchev–Trinajstić information content (AvgIpc) is 2.85. The Kier molecular flexibility index (Phi) is 4.18. The maximum atomic E-state index is 11.8. The molecule has 1 aliphatic carbocycles. The predicted octanol–water partition coefficient (Wildman–Crippen LogP) is 2.97. The standard InChI is InChI=1S/C13H19NO3/c1-2-11-12(14-9-17-11)13(15)16-8-10-6-4-3-5-7-10/h9-10H,2-8H2,1H3. The van der Waals surface area contributed by atoms with E-state index in [0.29, 0.717) is 30.4 Å². The van der Waals surface area contributed by atoms with Gasteiger partial charge in [-0.1, -0.05) is 26.2 Å². The summed E-state index contributed by atoms with van der Waals surface area (Å²) in [6, 6.07) is 0. The van der Waals surface area contributed by atoms with Crippen LogP contribution in [0.3, 0.4) is 0 Å². The highest BCUT2D eigenvalue weighted by Crippen LogP contribution is 2.24. The van der Waals surface area contributed by atoms with Crippen molar-refractivity contribution < 1.29 is 13.9 Å². The molecule has 0 bridgehead atoms. The highest BCUT2D eigenvalue weighted by atomic mass is 16.5. The van der Waals surface area contributed by atoms with Crippen molar-refractivity contribution in [2.45, 2.75) is 45.4 Å². The van der Waals surface area contributed by atoms with Crippen LogP contribution in [0.1, 0.15) is 55.3 Å². The number of aromatic nitrogens is 1. The predicted molar refractivity (Wildman–Crippen MR) is 62.7 cm³/mol. The van der Waals surface area contributed by atoms with E-state index in [1.54, 1.807) is 0 Å². The molecular weight excluding hydrogens is 218 g/mol. The van der Waals surface area contributed by atoms with Crippen molar-refractivity contribution in [3.8, 4) is 0 Å². The molecule has 0 unspecified atom stereocenters. The first-order valence-electron chi connectivity index (χ1n) is 6.40. The van der Waals surface area contributed by atoms with E-state index < -0.39 is 0 Å². The Balaban J connectivity index is 1.84. The van der Waals surface area contributed by atoms with E-state index in [1.165, 1.54) is 38.5 Å². The van der Waals surface area contributed by atoms with E-state index in [2.05, 4.69) is 4.98 Å². The van der Waals surface area contributed by atoms with Gasteiger partial charge in [-0.05, 0) is 18.8 Å². The van der Waals surface area contributed by atoms with E-state index in [1.807, 2.05) is 6.92 Å². The molecule has 0 aromatic carbocycles. The normalized spacial score (nSPS) is 17.0. The van der Waals surface area contributed by atoms with Crippen LogP contribution in [0.15, 0.2) is 10.8 Å². The van der Waals surface area contributed by atoms with Crippen LogP contribution >= 0.6 is 0 Å².